The van der Waals surface area contributed by atoms with Gasteiger partial charge in [0.2, 0.25) is 11.8 Å². The highest BCUT2D eigenvalue weighted by Gasteiger charge is 2.31. The van der Waals surface area contributed by atoms with E-state index in [4.69, 9.17) is 4.74 Å². The van der Waals surface area contributed by atoms with Crippen molar-refractivity contribution in [2.75, 3.05) is 25.1 Å². The van der Waals surface area contributed by atoms with Crippen molar-refractivity contribution in [2.24, 2.45) is 4.99 Å². The van der Waals surface area contributed by atoms with Gasteiger partial charge >= 0.3 is 0 Å². The molecular formula is C20H23N3O3S. The minimum absolute atomic E-state index is 0.112. The van der Waals surface area contributed by atoms with Crippen LogP contribution in [0.5, 0.6) is 0 Å². The predicted octanol–water partition coefficient (Wildman–Crippen LogP) is 3.18. The molecule has 0 unspecified atom stereocenters. The van der Waals surface area contributed by atoms with Crippen molar-refractivity contribution < 1.29 is 14.3 Å². The van der Waals surface area contributed by atoms with Gasteiger partial charge in [0.25, 0.3) is 0 Å². The van der Waals surface area contributed by atoms with Crippen LogP contribution >= 0.6 is 11.8 Å². The van der Waals surface area contributed by atoms with E-state index in [1.807, 2.05) is 49.4 Å². The molecule has 1 aliphatic heterocycles. The molecule has 2 aromatic carbocycles. The number of rotatable bonds is 8. The number of ether oxygens (including phenoxy) is 1. The van der Waals surface area contributed by atoms with E-state index in [1.54, 1.807) is 0 Å². The van der Waals surface area contributed by atoms with Gasteiger partial charge in [-0.1, -0.05) is 42.1 Å². The zero-order chi connectivity index (χ0) is 19.1. The first-order valence-electron chi connectivity index (χ1n) is 9.04. The third-order valence-electron chi connectivity index (χ3n) is 4.09. The molecule has 1 heterocycles. The highest BCUT2D eigenvalue weighted by Crippen LogP contribution is 2.24. The Balaban J connectivity index is 1.51. The number of nitrogens with zero attached hydrogens (tertiary/aromatic N) is 1. The lowest BCUT2D eigenvalue weighted by molar-refractivity contribution is -0.122. The largest absolute Gasteiger partial charge is 0.382 e. The average Bonchev–Trinajstić information content (AvgIpc) is 3.00. The molecule has 0 saturated carbocycles. The maximum absolute atomic E-state index is 12.3. The average molecular weight is 385 g/mol. The van der Waals surface area contributed by atoms with Crippen LogP contribution in [0, 0.1) is 0 Å². The van der Waals surface area contributed by atoms with Gasteiger partial charge in [0, 0.05) is 31.9 Å². The van der Waals surface area contributed by atoms with Gasteiger partial charge in [-0.15, -0.1) is 0 Å². The number of anilines is 1. The maximum atomic E-state index is 12.3. The Morgan fingerprint density at radius 3 is 2.89 bits per heavy atom. The van der Waals surface area contributed by atoms with E-state index in [1.165, 1.54) is 11.8 Å². The van der Waals surface area contributed by atoms with Crippen molar-refractivity contribution >= 4 is 45.2 Å². The second-order valence-corrected chi connectivity index (χ2v) is 7.34. The number of carbonyl (C=O) groups is 2. The van der Waals surface area contributed by atoms with Crippen molar-refractivity contribution in [2.45, 2.75) is 25.0 Å². The Kier molecular flexibility index (Phi) is 6.84. The molecule has 2 aromatic rings. The summed E-state index contributed by atoms with van der Waals surface area (Å²) in [6, 6.07) is 13.7. The summed E-state index contributed by atoms with van der Waals surface area (Å²) in [7, 11) is 0. The summed E-state index contributed by atoms with van der Waals surface area (Å²) >= 11 is 1.31. The number of amides is 2. The second kappa shape index (κ2) is 9.53. The molecule has 6 nitrogen and oxygen atoms in total. The standard InChI is InChI=1S/C20H23N3O3S/c1-2-26-11-5-10-21-20-23-19(25)17(27-20)13-18(24)22-16-9-8-14-6-3-4-7-15(14)12-16/h3-4,6-9,12,17H,2,5,10-11,13H2,1H3,(H,22,24)(H,21,23,25)/t17-/m0/s1. The molecule has 2 amide bonds. The SMILES string of the molecule is CCOCCCN=C1NC(=O)[C@H](CC(=O)Nc2ccc3ccccc3c2)S1. The number of fused-ring (bicyclic) bond motifs is 1. The molecule has 0 radical (unpaired) electrons. The van der Waals surface area contributed by atoms with Crippen LogP contribution in [0.2, 0.25) is 0 Å². The van der Waals surface area contributed by atoms with Gasteiger partial charge in [0.05, 0.1) is 0 Å². The molecule has 0 aliphatic carbocycles. The van der Waals surface area contributed by atoms with E-state index in [0.717, 1.165) is 22.9 Å². The summed E-state index contributed by atoms with van der Waals surface area (Å²) < 4.78 is 5.26. The molecule has 0 bridgehead atoms. The summed E-state index contributed by atoms with van der Waals surface area (Å²) in [5.74, 6) is -0.354. The lowest BCUT2D eigenvalue weighted by atomic mass is 10.1. The first-order valence-corrected chi connectivity index (χ1v) is 9.92. The molecule has 2 N–H and O–H groups in total. The van der Waals surface area contributed by atoms with E-state index in [2.05, 4.69) is 15.6 Å². The van der Waals surface area contributed by atoms with Crippen LogP contribution in [0.3, 0.4) is 0 Å². The van der Waals surface area contributed by atoms with Crippen molar-refractivity contribution in [3.8, 4) is 0 Å². The van der Waals surface area contributed by atoms with Crippen LogP contribution in [-0.4, -0.2) is 42.0 Å². The van der Waals surface area contributed by atoms with Gasteiger partial charge in [-0.05, 0) is 36.2 Å². The third-order valence-corrected chi connectivity index (χ3v) is 5.21. The fraction of sp³-hybridized carbons (Fsp3) is 0.350. The summed E-state index contributed by atoms with van der Waals surface area (Å²) in [6.45, 7) is 3.89. The van der Waals surface area contributed by atoms with E-state index < -0.39 is 5.25 Å². The van der Waals surface area contributed by atoms with Gasteiger partial charge in [-0.2, -0.15) is 0 Å². The quantitative estimate of drug-likeness (QED) is 0.684. The Labute approximate surface area is 162 Å². The van der Waals surface area contributed by atoms with Crippen LogP contribution < -0.4 is 10.6 Å². The zero-order valence-corrected chi connectivity index (χ0v) is 16.1. The van der Waals surface area contributed by atoms with Crippen LogP contribution in [0.15, 0.2) is 47.5 Å². The van der Waals surface area contributed by atoms with Crippen molar-refractivity contribution in [3.05, 3.63) is 42.5 Å². The summed E-state index contributed by atoms with van der Waals surface area (Å²) in [5.41, 5.74) is 0.729. The Hall–Kier alpha value is -2.38. The van der Waals surface area contributed by atoms with Crippen LogP contribution in [0.25, 0.3) is 10.8 Å². The molecule has 1 saturated heterocycles. The van der Waals surface area contributed by atoms with Crippen molar-refractivity contribution in [1.82, 2.24) is 5.32 Å². The predicted molar refractivity (Wildman–Crippen MR) is 110 cm³/mol. The van der Waals surface area contributed by atoms with Gasteiger partial charge in [-0.25, -0.2) is 0 Å². The molecule has 0 spiro atoms. The number of hydrogen-bond donors (Lipinski definition) is 2. The smallest absolute Gasteiger partial charge is 0.240 e. The molecule has 1 fully saturated rings. The highest BCUT2D eigenvalue weighted by molar-refractivity contribution is 8.15. The minimum Gasteiger partial charge on any atom is -0.382 e. The topological polar surface area (TPSA) is 79.8 Å². The Bertz CT molecular complexity index is 853. The second-order valence-electron chi connectivity index (χ2n) is 6.15. The number of nitrogens with one attached hydrogen (secondary N) is 2. The van der Waals surface area contributed by atoms with E-state index in [0.29, 0.717) is 24.9 Å². The molecule has 1 aliphatic rings. The Morgan fingerprint density at radius 1 is 1.26 bits per heavy atom. The summed E-state index contributed by atoms with van der Waals surface area (Å²) in [4.78, 5) is 28.8. The Morgan fingerprint density at radius 2 is 2.07 bits per heavy atom. The highest BCUT2D eigenvalue weighted by atomic mass is 32.2. The van der Waals surface area contributed by atoms with Crippen LogP contribution in [0.1, 0.15) is 19.8 Å². The van der Waals surface area contributed by atoms with Crippen LogP contribution in [0.4, 0.5) is 5.69 Å². The fourth-order valence-corrected chi connectivity index (χ4v) is 3.75. The van der Waals surface area contributed by atoms with Gasteiger partial charge in [0.15, 0.2) is 5.17 Å². The van der Waals surface area contributed by atoms with E-state index in [9.17, 15) is 9.59 Å². The molecule has 3 rings (SSSR count). The molecule has 1 atom stereocenters. The summed E-state index contributed by atoms with van der Waals surface area (Å²) in [5, 5.41) is 7.93. The first-order chi connectivity index (χ1) is 13.2. The first kappa shape index (κ1) is 19.4. The molecule has 27 heavy (non-hydrogen) atoms. The van der Waals surface area contributed by atoms with E-state index in [-0.39, 0.29) is 18.2 Å². The van der Waals surface area contributed by atoms with Gasteiger partial charge in [-0.3, -0.25) is 14.6 Å². The van der Waals surface area contributed by atoms with Crippen molar-refractivity contribution in [3.63, 3.8) is 0 Å². The van der Waals surface area contributed by atoms with Gasteiger partial charge in [0.1, 0.15) is 5.25 Å². The van der Waals surface area contributed by atoms with Crippen LogP contribution in [-0.2, 0) is 14.3 Å². The molecule has 0 aromatic heterocycles. The number of aliphatic imine (C=N–C) groups is 1. The lowest BCUT2D eigenvalue weighted by Crippen LogP contribution is -2.28. The summed E-state index contributed by atoms with van der Waals surface area (Å²) in [6.07, 6.45) is 0.919. The monoisotopic (exact) mass is 385 g/mol. The molecule has 142 valence electrons. The maximum Gasteiger partial charge on any atom is 0.240 e. The number of hydrogen-bond acceptors (Lipinski definition) is 5. The number of carbonyl (C=O) groups excluding carboxylic acids is 2. The molecular weight excluding hydrogens is 362 g/mol. The number of amidine groups is 1. The van der Waals surface area contributed by atoms with Crippen molar-refractivity contribution in [1.29, 1.82) is 0 Å². The molecule has 7 heteroatoms. The number of thioether (sulfide) groups is 1. The normalized spacial score (nSPS) is 18.0. The zero-order valence-electron chi connectivity index (χ0n) is 15.2. The fourth-order valence-electron chi connectivity index (χ4n) is 2.75. The van der Waals surface area contributed by atoms with E-state index >= 15 is 0 Å². The lowest BCUT2D eigenvalue weighted by Gasteiger charge is -2.08. The van der Waals surface area contributed by atoms with Gasteiger partial charge < -0.3 is 15.4 Å². The third kappa shape index (κ3) is 5.55. The minimum atomic E-state index is -0.448. The number of benzene rings is 2.